The number of fused-ring (bicyclic) bond motifs is 1. The van der Waals surface area contributed by atoms with Crippen molar-refractivity contribution in [2.75, 3.05) is 6.61 Å². The SMILES string of the molecule is CCc1cccc2c1N=CC2=Cc1sc(=O)n(CCOc2ccc(F)cc2)c1O. The first-order chi connectivity index (χ1) is 14.1. The highest BCUT2D eigenvalue weighted by atomic mass is 32.1. The molecule has 1 aromatic heterocycles. The number of halogens is 1. The van der Waals surface area contributed by atoms with Crippen LogP contribution in [-0.4, -0.2) is 22.5 Å². The van der Waals surface area contributed by atoms with Gasteiger partial charge in [-0.1, -0.05) is 36.5 Å². The van der Waals surface area contributed by atoms with E-state index in [1.807, 2.05) is 18.2 Å². The summed E-state index contributed by atoms with van der Waals surface area (Å²) in [5, 5.41) is 10.5. The van der Waals surface area contributed by atoms with Crippen LogP contribution in [0.15, 0.2) is 52.3 Å². The number of hydrogen-bond acceptors (Lipinski definition) is 5. The molecule has 0 unspecified atom stereocenters. The summed E-state index contributed by atoms with van der Waals surface area (Å²) in [6, 6.07) is 11.7. The molecular weight excluding hydrogens is 391 g/mol. The number of benzene rings is 2. The van der Waals surface area contributed by atoms with Crippen LogP contribution in [-0.2, 0) is 13.0 Å². The Morgan fingerprint density at radius 1 is 1.24 bits per heavy atom. The third-order valence-corrected chi connectivity index (χ3v) is 5.64. The number of aliphatic imine (C=N–C) groups is 1. The average molecular weight is 410 g/mol. The van der Waals surface area contributed by atoms with E-state index in [0.29, 0.717) is 10.6 Å². The molecule has 2 aromatic carbocycles. The quantitative estimate of drug-likeness (QED) is 0.643. The fraction of sp³-hybridized carbons (Fsp3) is 0.182. The van der Waals surface area contributed by atoms with Gasteiger partial charge in [0.25, 0.3) is 0 Å². The van der Waals surface area contributed by atoms with Crippen LogP contribution in [0.4, 0.5) is 10.1 Å². The van der Waals surface area contributed by atoms with E-state index in [9.17, 15) is 14.3 Å². The molecule has 1 N–H and O–H groups in total. The lowest BCUT2D eigenvalue weighted by atomic mass is 10.0. The van der Waals surface area contributed by atoms with Crippen LogP contribution in [0.5, 0.6) is 11.6 Å². The number of ether oxygens (including phenoxy) is 1. The minimum absolute atomic E-state index is 0.0938. The summed E-state index contributed by atoms with van der Waals surface area (Å²) >= 11 is 0.975. The van der Waals surface area contributed by atoms with Gasteiger partial charge in [0.05, 0.1) is 17.1 Å². The van der Waals surface area contributed by atoms with Crippen LogP contribution in [0.25, 0.3) is 11.6 Å². The monoisotopic (exact) mass is 410 g/mol. The van der Waals surface area contributed by atoms with Gasteiger partial charge in [-0.05, 0) is 42.3 Å². The molecule has 1 aliphatic heterocycles. The van der Waals surface area contributed by atoms with Gasteiger partial charge in [0, 0.05) is 17.4 Å². The van der Waals surface area contributed by atoms with Gasteiger partial charge in [-0.25, -0.2) is 4.39 Å². The van der Waals surface area contributed by atoms with Crippen LogP contribution < -0.4 is 9.61 Å². The molecule has 29 heavy (non-hydrogen) atoms. The zero-order valence-corrected chi connectivity index (χ0v) is 16.6. The van der Waals surface area contributed by atoms with Crippen molar-refractivity contribution in [2.45, 2.75) is 19.9 Å². The van der Waals surface area contributed by atoms with E-state index in [4.69, 9.17) is 4.74 Å². The highest BCUT2D eigenvalue weighted by Crippen LogP contribution is 2.37. The fourth-order valence-corrected chi connectivity index (χ4v) is 4.08. The van der Waals surface area contributed by atoms with Crippen LogP contribution in [0.3, 0.4) is 0 Å². The average Bonchev–Trinajstić information content (AvgIpc) is 3.25. The Kier molecular flexibility index (Phi) is 5.31. The smallest absolute Gasteiger partial charge is 0.310 e. The van der Waals surface area contributed by atoms with Crippen molar-refractivity contribution in [3.05, 3.63) is 74.0 Å². The van der Waals surface area contributed by atoms with Crippen molar-refractivity contribution in [3.8, 4) is 11.6 Å². The summed E-state index contributed by atoms with van der Waals surface area (Å²) in [4.78, 5) is 17.0. The molecule has 0 amide bonds. The highest BCUT2D eigenvalue weighted by Gasteiger charge is 2.18. The molecule has 2 heterocycles. The van der Waals surface area contributed by atoms with Crippen molar-refractivity contribution < 1.29 is 14.2 Å². The summed E-state index contributed by atoms with van der Waals surface area (Å²) in [5.74, 6) is 0.0653. The molecule has 0 spiro atoms. The number of aromatic hydroxyl groups is 1. The van der Waals surface area contributed by atoms with Crippen molar-refractivity contribution in [1.82, 2.24) is 4.57 Å². The van der Waals surface area contributed by atoms with E-state index in [-0.39, 0.29) is 29.7 Å². The first kappa shape index (κ1) is 19.1. The predicted molar refractivity (Wildman–Crippen MR) is 114 cm³/mol. The molecule has 0 radical (unpaired) electrons. The number of allylic oxidation sites excluding steroid dienone is 1. The second kappa shape index (κ2) is 8.05. The van der Waals surface area contributed by atoms with Gasteiger partial charge in [0.15, 0.2) is 0 Å². The highest BCUT2D eigenvalue weighted by molar-refractivity contribution is 7.10. The Bertz CT molecular complexity index is 1160. The lowest BCUT2D eigenvalue weighted by Gasteiger charge is -2.07. The number of para-hydroxylation sites is 1. The fourth-order valence-electron chi connectivity index (χ4n) is 3.21. The molecule has 0 saturated carbocycles. The van der Waals surface area contributed by atoms with Crippen molar-refractivity contribution in [3.63, 3.8) is 0 Å². The van der Waals surface area contributed by atoms with Gasteiger partial charge in [-0.3, -0.25) is 14.4 Å². The predicted octanol–water partition coefficient (Wildman–Crippen LogP) is 4.65. The van der Waals surface area contributed by atoms with Crippen LogP contribution in [0, 0.1) is 5.82 Å². The Hall–Kier alpha value is -3.19. The van der Waals surface area contributed by atoms with E-state index < -0.39 is 0 Å². The molecule has 0 bridgehead atoms. The second-order valence-electron chi connectivity index (χ2n) is 6.53. The molecule has 0 atom stereocenters. The van der Waals surface area contributed by atoms with Crippen LogP contribution in [0.2, 0.25) is 0 Å². The maximum absolute atomic E-state index is 12.9. The summed E-state index contributed by atoms with van der Waals surface area (Å²) in [7, 11) is 0. The lowest BCUT2D eigenvalue weighted by molar-refractivity contribution is 0.285. The van der Waals surface area contributed by atoms with E-state index in [2.05, 4.69) is 11.9 Å². The molecule has 1 aliphatic rings. The summed E-state index contributed by atoms with van der Waals surface area (Å²) in [5.41, 5.74) is 3.97. The van der Waals surface area contributed by atoms with Gasteiger partial charge in [0.2, 0.25) is 5.88 Å². The van der Waals surface area contributed by atoms with Gasteiger partial charge in [-0.15, -0.1) is 0 Å². The normalized spacial score (nSPS) is 13.8. The minimum Gasteiger partial charge on any atom is -0.493 e. The third-order valence-electron chi connectivity index (χ3n) is 4.72. The van der Waals surface area contributed by atoms with Gasteiger partial charge < -0.3 is 9.84 Å². The molecule has 7 heteroatoms. The van der Waals surface area contributed by atoms with Crippen LogP contribution >= 0.6 is 11.3 Å². The molecule has 3 aromatic rings. The Morgan fingerprint density at radius 2 is 2.03 bits per heavy atom. The lowest BCUT2D eigenvalue weighted by Crippen LogP contribution is -2.17. The first-order valence-corrected chi connectivity index (χ1v) is 10.1. The zero-order chi connectivity index (χ0) is 20.4. The number of nitrogens with zero attached hydrogens (tertiary/aromatic N) is 2. The largest absolute Gasteiger partial charge is 0.493 e. The number of aromatic nitrogens is 1. The topological polar surface area (TPSA) is 63.8 Å². The Balaban J connectivity index is 1.53. The van der Waals surface area contributed by atoms with E-state index in [0.717, 1.165) is 40.1 Å². The Labute approximate surface area is 171 Å². The Morgan fingerprint density at radius 3 is 2.79 bits per heavy atom. The van der Waals surface area contributed by atoms with Crippen molar-refractivity contribution in [1.29, 1.82) is 0 Å². The number of thiazole rings is 1. The summed E-state index contributed by atoms with van der Waals surface area (Å²) < 4.78 is 19.7. The molecule has 148 valence electrons. The maximum Gasteiger partial charge on any atom is 0.310 e. The number of aryl methyl sites for hydroxylation is 1. The first-order valence-electron chi connectivity index (χ1n) is 9.26. The maximum atomic E-state index is 12.9. The van der Waals surface area contributed by atoms with Crippen molar-refractivity contribution >= 4 is 34.9 Å². The second-order valence-corrected chi connectivity index (χ2v) is 7.53. The number of rotatable bonds is 6. The standard InChI is InChI=1S/C22H19FN2O3S/c1-2-14-4-3-5-18-15(13-24-20(14)18)12-19-21(26)25(22(27)29-19)10-11-28-17-8-6-16(23)7-9-17/h3-9,12-13,26H,2,10-11H2,1H3. The van der Waals surface area contributed by atoms with E-state index in [1.165, 1.54) is 28.8 Å². The molecular formula is C22H19FN2O3S. The van der Waals surface area contributed by atoms with Gasteiger partial charge in [0.1, 0.15) is 18.2 Å². The van der Waals surface area contributed by atoms with E-state index >= 15 is 0 Å². The third kappa shape index (κ3) is 3.86. The van der Waals surface area contributed by atoms with Gasteiger partial charge >= 0.3 is 4.87 Å². The number of hydrogen-bond donors (Lipinski definition) is 1. The summed E-state index contributed by atoms with van der Waals surface area (Å²) in [6.07, 6.45) is 4.43. The summed E-state index contributed by atoms with van der Waals surface area (Å²) in [6.45, 7) is 2.45. The minimum atomic E-state index is -0.343. The molecule has 0 saturated heterocycles. The molecule has 5 nitrogen and oxygen atoms in total. The zero-order valence-electron chi connectivity index (χ0n) is 15.8. The molecule has 0 fully saturated rings. The van der Waals surface area contributed by atoms with Crippen LogP contribution in [0.1, 0.15) is 22.9 Å². The van der Waals surface area contributed by atoms with Crippen molar-refractivity contribution in [2.24, 2.45) is 4.99 Å². The van der Waals surface area contributed by atoms with Gasteiger partial charge in [-0.2, -0.15) is 0 Å². The molecule has 4 rings (SSSR count). The van der Waals surface area contributed by atoms with E-state index in [1.54, 1.807) is 12.3 Å². The molecule has 0 aliphatic carbocycles.